The van der Waals surface area contributed by atoms with Crippen LogP contribution in [0.4, 0.5) is 0 Å². The minimum Gasteiger partial charge on any atom is -0.376 e. The van der Waals surface area contributed by atoms with Crippen LogP contribution in [0.5, 0.6) is 0 Å². The van der Waals surface area contributed by atoms with E-state index in [4.69, 9.17) is 10.5 Å². The fraction of sp³-hybridized carbons (Fsp3) is 0.600. The summed E-state index contributed by atoms with van der Waals surface area (Å²) in [6.45, 7) is 8.39. The van der Waals surface area contributed by atoms with Gasteiger partial charge in [0.05, 0.1) is 16.5 Å². The third kappa shape index (κ3) is 3.13. The molecule has 6 heteroatoms. The predicted octanol–water partition coefficient (Wildman–Crippen LogP) is 1.61. The summed E-state index contributed by atoms with van der Waals surface area (Å²) in [6.07, 6.45) is 0.522. The lowest BCUT2D eigenvalue weighted by Crippen LogP contribution is -2.50. The highest BCUT2D eigenvalue weighted by Gasteiger charge is 2.41. The SMILES string of the molecule is Cc1cc(CN)cc(S(=O)(=O)NC2(C)CCOC2C)c1C. The minimum atomic E-state index is -3.61. The molecule has 0 spiro atoms. The Morgan fingerprint density at radius 3 is 2.62 bits per heavy atom. The van der Waals surface area contributed by atoms with E-state index >= 15 is 0 Å². The Kier molecular flexibility index (Phi) is 4.44. The number of benzene rings is 1. The van der Waals surface area contributed by atoms with Gasteiger partial charge in [-0.2, -0.15) is 0 Å². The summed E-state index contributed by atoms with van der Waals surface area (Å²) in [4.78, 5) is 0.309. The molecule has 2 atom stereocenters. The lowest BCUT2D eigenvalue weighted by molar-refractivity contribution is 0.0957. The second-order valence-corrected chi connectivity index (χ2v) is 7.68. The molecule has 1 aromatic rings. The van der Waals surface area contributed by atoms with Crippen LogP contribution in [0.2, 0.25) is 0 Å². The van der Waals surface area contributed by atoms with Gasteiger partial charge in [-0.15, -0.1) is 0 Å². The monoisotopic (exact) mass is 312 g/mol. The molecule has 21 heavy (non-hydrogen) atoms. The zero-order chi connectivity index (χ0) is 15.8. The van der Waals surface area contributed by atoms with Crippen LogP contribution in [0, 0.1) is 13.8 Å². The molecule has 0 aliphatic carbocycles. The summed E-state index contributed by atoms with van der Waals surface area (Å²) in [7, 11) is -3.61. The molecule has 1 heterocycles. The Morgan fingerprint density at radius 2 is 2.10 bits per heavy atom. The van der Waals surface area contributed by atoms with Gasteiger partial charge in [0.15, 0.2) is 0 Å². The third-order valence-corrected chi connectivity index (χ3v) is 6.20. The summed E-state index contributed by atoms with van der Waals surface area (Å²) in [5.74, 6) is 0. The average molecular weight is 312 g/mol. The van der Waals surface area contributed by atoms with Gasteiger partial charge in [-0.1, -0.05) is 6.07 Å². The van der Waals surface area contributed by atoms with Crippen LogP contribution in [0.1, 0.15) is 37.0 Å². The molecule has 0 amide bonds. The molecule has 1 fully saturated rings. The van der Waals surface area contributed by atoms with E-state index in [9.17, 15) is 8.42 Å². The normalized spacial score (nSPS) is 26.2. The number of hydrogen-bond acceptors (Lipinski definition) is 4. The Balaban J connectivity index is 2.43. The summed E-state index contributed by atoms with van der Waals surface area (Å²) < 4.78 is 33.9. The maximum atomic E-state index is 12.8. The van der Waals surface area contributed by atoms with Gasteiger partial charge >= 0.3 is 0 Å². The summed E-state index contributed by atoms with van der Waals surface area (Å²) in [6, 6.07) is 3.59. The maximum absolute atomic E-state index is 12.8. The minimum absolute atomic E-state index is 0.147. The zero-order valence-corrected chi connectivity index (χ0v) is 13.9. The van der Waals surface area contributed by atoms with E-state index in [0.717, 1.165) is 16.7 Å². The van der Waals surface area contributed by atoms with Crippen molar-refractivity contribution in [1.82, 2.24) is 4.72 Å². The molecule has 1 aliphatic rings. The highest BCUT2D eigenvalue weighted by Crippen LogP contribution is 2.29. The molecule has 0 radical (unpaired) electrons. The van der Waals surface area contributed by atoms with Crippen molar-refractivity contribution < 1.29 is 13.2 Å². The largest absolute Gasteiger partial charge is 0.376 e. The fourth-order valence-electron chi connectivity index (χ4n) is 2.63. The Bertz CT molecular complexity index is 643. The van der Waals surface area contributed by atoms with E-state index in [1.807, 2.05) is 33.8 Å². The number of nitrogens with one attached hydrogen (secondary N) is 1. The molecule has 2 unspecified atom stereocenters. The molecule has 0 aromatic heterocycles. The van der Waals surface area contributed by atoms with Crippen LogP contribution >= 0.6 is 0 Å². The van der Waals surface area contributed by atoms with E-state index in [2.05, 4.69) is 4.72 Å². The van der Waals surface area contributed by atoms with Crippen molar-refractivity contribution in [3.8, 4) is 0 Å². The molecule has 1 aliphatic heterocycles. The second kappa shape index (κ2) is 5.68. The first-order valence-corrected chi connectivity index (χ1v) is 8.64. The summed E-state index contributed by atoms with van der Waals surface area (Å²) >= 11 is 0. The van der Waals surface area contributed by atoms with Gasteiger partial charge in [-0.3, -0.25) is 0 Å². The van der Waals surface area contributed by atoms with Gasteiger partial charge < -0.3 is 10.5 Å². The smallest absolute Gasteiger partial charge is 0.241 e. The number of rotatable bonds is 4. The number of hydrogen-bond donors (Lipinski definition) is 2. The summed E-state index contributed by atoms with van der Waals surface area (Å²) in [5, 5.41) is 0. The van der Waals surface area contributed by atoms with Gasteiger partial charge in [-0.05, 0) is 56.9 Å². The molecule has 1 saturated heterocycles. The number of ether oxygens (including phenoxy) is 1. The predicted molar refractivity (Wildman–Crippen MR) is 82.6 cm³/mol. The van der Waals surface area contributed by atoms with E-state index in [0.29, 0.717) is 24.5 Å². The van der Waals surface area contributed by atoms with Crippen molar-refractivity contribution >= 4 is 10.0 Å². The van der Waals surface area contributed by atoms with Gasteiger partial charge in [0.2, 0.25) is 10.0 Å². The molecule has 0 saturated carbocycles. The van der Waals surface area contributed by atoms with Gasteiger partial charge in [0.1, 0.15) is 0 Å². The Labute approximate surface area is 126 Å². The average Bonchev–Trinajstić information content (AvgIpc) is 2.71. The quantitative estimate of drug-likeness (QED) is 0.885. The highest BCUT2D eigenvalue weighted by molar-refractivity contribution is 7.89. The highest BCUT2D eigenvalue weighted by atomic mass is 32.2. The first-order valence-electron chi connectivity index (χ1n) is 7.15. The number of aryl methyl sites for hydroxylation is 1. The lowest BCUT2D eigenvalue weighted by Gasteiger charge is -2.29. The molecule has 2 rings (SSSR count). The van der Waals surface area contributed by atoms with Crippen molar-refractivity contribution in [2.45, 2.75) is 57.2 Å². The van der Waals surface area contributed by atoms with Crippen molar-refractivity contribution in [2.75, 3.05) is 6.61 Å². The third-order valence-electron chi connectivity index (χ3n) is 4.46. The maximum Gasteiger partial charge on any atom is 0.241 e. The molecule has 1 aromatic carbocycles. The van der Waals surface area contributed by atoms with E-state index < -0.39 is 15.6 Å². The molecule has 5 nitrogen and oxygen atoms in total. The molecular formula is C15H24N2O3S. The van der Waals surface area contributed by atoms with Gasteiger partial charge in [0.25, 0.3) is 0 Å². The van der Waals surface area contributed by atoms with Crippen LogP contribution in [-0.4, -0.2) is 26.7 Å². The molecule has 3 N–H and O–H groups in total. The lowest BCUT2D eigenvalue weighted by atomic mass is 9.97. The topological polar surface area (TPSA) is 81.4 Å². The van der Waals surface area contributed by atoms with E-state index in [-0.39, 0.29) is 6.10 Å². The van der Waals surface area contributed by atoms with Crippen molar-refractivity contribution in [3.05, 3.63) is 28.8 Å². The fourth-order valence-corrected chi connectivity index (χ4v) is 4.49. The van der Waals surface area contributed by atoms with Crippen molar-refractivity contribution in [3.63, 3.8) is 0 Å². The van der Waals surface area contributed by atoms with Crippen molar-refractivity contribution in [1.29, 1.82) is 0 Å². The Morgan fingerprint density at radius 1 is 1.43 bits per heavy atom. The van der Waals surface area contributed by atoms with Crippen LogP contribution < -0.4 is 10.5 Å². The van der Waals surface area contributed by atoms with Crippen LogP contribution in [0.3, 0.4) is 0 Å². The summed E-state index contributed by atoms with van der Waals surface area (Å²) in [5.41, 5.74) is 7.59. The number of nitrogens with two attached hydrogens (primary N) is 1. The van der Waals surface area contributed by atoms with Crippen LogP contribution in [0.25, 0.3) is 0 Å². The molecule has 0 bridgehead atoms. The van der Waals surface area contributed by atoms with Crippen molar-refractivity contribution in [2.24, 2.45) is 5.73 Å². The van der Waals surface area contributed by atoms with Gasteiger partial charge in [-0.25, -0.2) is 13.1 Å². The first-order chi connectivity index (χ1) is 9.69. The van der Waals surface area contributed by atoms with Gasteiger partial charge in [0, 0.05) is 13.2 Å². The molecule has 118 valence electrons. The van der Waals surface area contributed by atoms with Crippen LogP contribution in [0.15, 0.2) is 17.0 Å². The van der Waals surface area contributed by atoms with E-state index in [1.54, 1.807) is 6.07 Å². The van der Waals surface area contributed by atoms with E-state index in [1.165, 1.54) is 0 Å². The molecular weight excluding hydrogens is 288 g/mol. The number of sulfonamides is 1. The zero-order valence-electron chi connectivity index (χ0n) is 13.1. The first kappa shape index (κ1) is 16.4. The van der Waals surface area contributed by atoms with Crippen LogP contribution in [-0.2, 0) is 21.3 Å². The Hall–Kier alpha value is -0.950. The second-order valence-electron chi connectivity index (χ2n) is 6.03. The standard InChI is InChI=1S/C15H24N2O3S/c1-10-7-13(9-16)8-14(11(10)2)21(18,19)17-15(4)5-6-20-12(15)3/h7-8,12,17H,5-6,9,16H2,1-4H3.